The van der Waals surface area contributed by atoms with Gasteiger partial charge in [-0.1, -0.05) is 22.8 Å². The number of H-pyrrole nitrogens is 1. The molecule has 5 rings (SSSR count). The minimum Gasteiger partial charge on any atom is -0.363 e. The molecule has 1 atom stereocenters. The molecule has 174 valence electrons. The monoisotopic (exact) mass is 496 g/mol. The number of hydrogen-bond donors (Lipinski definition) is 2. The average Bonchev–Trinajstić information content (AvgIpc) is 3.34. The van der Waals surface area contributed by atoms with Crippen molar-refractivity contribution in [2.45, 2.75) is 24.3 Å². The van der Waals surface area contributed by atoms with Crippen molar-refractivity contribution in [1.82, 2.24) is 15.5 Å². The number of benzene rings is 2. The molecule has 2 aromatic carbocycles. The first-order valence-electron chi connectivity index (χ1n) is 10.6. The van der Waals surface area contributed by atoms with Crippen molar-refractivity contribution in [3.8, 4) is 0 Å². The molecule has 0 aliphatic carbocycles. The average molecular weight is 497 g/mol. The van der Waals surface area contributed by atoms with Crippen LogP contribution < -0.4 is 15.2 Å². The van der Waals surface area contributed by atoms with Crippen molar-refractivity contribution in [3.63, 3.8) is 0 Å². The Bertz CT molecular complexity index is 1560. The van der Waals surface area contributed by atoms with E-state index in [2.05, 4.69) is 22.4 Å². The number of halogens is 1. The first-order valence-corrected chi connectivity index (χ1v) is 12.5. The van der Waals surface area contributed by atoms with E-state index in [1.54, 1.807) is 30.3 Å². The van der Waals surface area contributed by atoms with E-state index in [0.717, 1.165) is 5.57 Å². The molecule has 34 heavy (non-hydrogen) atoms. The van der Waals surface area contributed by atoms with Gasteiger partial charge in [0.05, 0.1) is 10.6 Å². The van der Waals surface area contributed by atoms with Crippen LogP contribution >= 0.6 is 11.6 Å². The molecular weight excluding hydrogens is 476 g/mol. The minimum atomic E-state index is -4.13. The van der Waals surface area contributed by atoms with Crippen LogP contribution in [0.15, 0.2) is 81.1 Å². The Hall–Kier alpha value is -3.40. The van der Waals surface area contributed by atoms with Crippen molar-refractivity contribution in [2.75, 3.05) is 10.8 Å². The van der Waals surface area contributed by atoms with E-state index in [9.17, 15) is 13.2 Å². The fourth-order valence-electron chi connectivity index (χ4n) is 4.12. The second-order valence-corrected chi connectivity index (χ2v) is 10.3. The van der Waals surface area contributed by atoms with Crippen molar-refractivity contribution in [2.24, 2.45) is 0 Å². The molecule has 0 saturated heterocycles. The lowest BCUT2D eigenvalue weighted by Gasteiger charge is -2.28. The number of fused-ring (bicyclic) bond motifs is 1. The van der Waals surface area contributed by atoms with Crippen molar-refractivity contribution in [1.29, 1.82) is 0 Å². The van der Waals surface area contributed by atoms with Crippen molar-refractivity contribution < 1.29 is 12.9 Å². The molecule has 0 amide bonds. The van der Waals surface area contributed by atoms with Gasteiger partial charge in [0, 0.05) is 40.8 Å². The third kappa shape index (κ3) is 4.13. The molecule has 0 spiro atoms. The number of nitrogens with one attached hydrogen (secondary N) is 2. The lowest BCUT2D eigenvalue weighted by atomic mass is 9.95. The second kappa shape index (κ2) is 8.75. The van der Waals surface area contributed by atoms with Gasteiger partial charge in [0.2, 0.25) is 5.56 Å². The van der Waals surface area contributed by atoms with E-state index in [1.807, 2.05) is 6.08 Å². The van der Waals surface area contributed by atoms with E-state index in [-0.39, 0.29) is 22.3 Å². The highest BCUT2D eigenvalue weighted by molar-refractivity contribution is 7.93. The number of hydrogen-bond acceptors (Lipinski definition) is 6. The predicted molar refractivity (Wildman–Crippen MR) is 132 cm³/mol. The summed E-state index contributed by atoms with van der Waals surface area (Å²) in [7, 11) is -4.13. The standard InChI is InChI=1S/C24H21ClN4O4S/c1-15-12-16(8-10-26-15)20-14-18(25)3-6-22(20)29(23-9-11-33-28-23)34(31,32)19-4-5-21-17(13-19)2-7-24(30)27-21/h2-9,11,13-15,26H,10,12H2,1H3,(H,27,30). The Labute approximate surface area is 200 Å². The fraction of sp³-hybridized carbons (Fsp3) is 0.167. The Morgan fingerprint density at radius 3 is 2.74 bits per heavy atom. The van der Waals surface area contributed by atoms with Gasteiger partial charge in [-0.25, -0.2) is 12.7 Å². The summed E-state index contributed by atoms with van der Waals surface area (Å²) in [4.78, 5) is 14.4. The molecule has 0 bridgehead atoms. The first-order chi connectivity index (χ1) is 16.3. The maximum atomic E-state index is 14.0. The van der Waals surface area contributed by atoms with Crippen LogP contribution in [0.5, 0.6) is 0 Å². The number of anilines is 2. The Morgan fingerprint density at radius 2 is 1.97 bits per heavy atom. The number of rotatable bonds is 5. The maximum Gasteiger partial charge on any atom is 0.270 e. The molecule has 3 heterocycles. The highest BCUT2D eigenvalue weighted by Gasteiger charge is 2.32. The van der Waals surface area contributed by atoms with Gasteiger partial charge in [-0.3, -0.25) is 4.79 Å². The third-order valence-corrected chi connectivity index (χ3v) is 7.68. The molecule has 0 fully saturated rings. The van der Waals surface area contributed by atoms with E-state index in [1.165, 1.54) is 34.8 Å². The van der Waals surface area contributed by atoms with E-state index < -0.39 is 10.0 Å². The summed E-state index contributed by atoms with van der Waals surface area (Å²) in [5, 5.41) is 8.39. The van der Waals surface area contributed by atoms with Crippen molar-refractivity contribution >= 4 is 49.6 Å². The summed E-state index contributed by atoms with van der Waals surface area (Å²) in [6.45, 7) is 2.74. The van der Waals surface area contributed by atoms with Gasteiger partial charge in [-0.05, 0) is 66.8 Å². The lowest BCUT2D eigenvalue weighted by Crippen LogP contribution is -2.31. The van der Waals surface area contributed by atoms with Crippen LogP contribution in [0, 0.1) is 0 Å². The maximum absolute atomic E-state index is 14.0. The molecule has 8 nitrogen and oxygen atoms in total. The number of aromatic amines is 1. The summed E-state index contributed by atoms with van der Waals surface area (Å²) in [6, 6.07) is 14.3. The SMILES string of the molecule is CC1CC(c2cc(Cl)ccc2N(c2ccon2)S(=O)(=O)c2ccc3[nH]c(=O)ccc3c2)=CCN1. The fourth-order valence-corrected chi connectivity index (χ4v) is 5.77. The van der Waals surface area contributed by atoms with E-state index in [0.29, 0.717) is 40.1 Å². The summed E-state index contributed by atoms with van der Waals surface area (Å²) < 4.78 is 34.2. The molecule has 2 N–H and O–H groups in total. The van der Waals surface area contributed by atoms with E-state index in [4.69, 9.17) is 16.1 Å². The smallest absolute Gasteiger partial charge is 0.270 e. The topological polar surface area (TPSA) is 108 Å². The summed E-state index contributed by atoms with van der Waals surface area (Å²) in [5.74, 6) is 0.118. The zero-order valence-electron chi connectivity index (χ0n) is 18.2. The second-order valence-electron chi connectivity index (χ2n) is 8.10. The predicted octanol–water partition coefficient (Wildman–Crippen LogP) is 4.46. The Kier molecular flexibility index (Phi) is 5.76. The first kappa shape index (κ1) is 22.4. The molecule has 4 aromatic rings. The zero-order chi connectivity index (χ0) is 23.9. The van der Waals surface area contributed by atoms with Gasteiger partial charge >= 0.3 is 0 Å². The van der Waals surface area contributed by atoms with Gasteiger partial charge in [0.25, 0.3) is 10.0 Å². The Balaban J connectivity index is 1.71. The number of sulfonamides is 1. The number of aromatic nitrogens is 2. The number of pyridine rings is 1. The van der Waals surface area contributed by atoms with Gasteiger partial charge in [-0.2, -0.15) is 0 Å². The quantitative estimate of drug-likeness (QED) is 0.422. The van der Waals surface area contributed by atoms with Gasteiger partial charge in [-0.15, -0.1) is 0 Å². The highest BCUT2D eigenvalue weighted by atomic mass is 35.5. The number of nitrogens with zero attached hydrogens (tertiary/aromatic N) is 2. The molecule has 0 radical (unpaired) electrons. The van der Waals surface area contributed by atoms with Crippen LogP contribution in [0.1, 0.15) is 18.9 Å². The molecule has 1 aliphatic heterocycles. The van der Waals surface area contributed by atoms with Crippen LogP contribution in [0.4, 0.5) is 11.5 Å². The molecular formula is C24H21ClN4O4S. The molecule has 10 heteroatoms. The molecule has 1 unspecified atom stereocenters. The van der Waals surface area contributed by atoms with Crippen LogP contribution in [-0.4, -0.2) is 31.1 Å². The third-order valence-electron chi connectivity index (χ3n) is 5.73. The van der Waals surface area contributed by atoms with Crippen LogP contribution in [0.3, 0.4) is 0 Å². The summed E-state index contributed by atoms with van der Waals surface area (Å²) in [6.07, 6.45) is 4.07. The van der Waals surface area contributed by atoms with Crippen LogP contribution in [-0.2, 0) is 10.0 Å². The highest BCUT2D eigenvalue weighted by Crippen LogP contribution is 2.40. The summed E-state index contributed by atoms with van der Waals surface area (Å²) in [5.41, 5.74) is 2.39. The Morgan fingerprint density at radius 1 is 1.12 bits per heavy atom. The minimum absolute atomic E-state index is 0.0450. The molecule has 0 saturated carbocycles. The van der Waals surface area contributed by atoms with Crippen LogP contribution in [0.25, 0.3) is 16.5 Å². The van der Waals surface area contributed by atoms with Crippen molar-refractivity contribution in [3.05, 3.63) is 87.9 Å². The van der Waals surface area contributed by atoms with Gasteiger partial charge in [0.1, 0.15) is 6.26 Å². The normalized spacial score (nSPS) is 16.4. The lowest BCUT2D eigenvalue weighted by molar-refractivity contribution is 0.421. The molecule has 2 aromatic heterocycles. The summed E-state index contributed by atoms with van der Waals surface area (Å²) >= 11 is 6.34. The largest absolute Gasteiger partial charge is 0.363 e. The van der Waals surface area contributed by atoms with Gasteiger partial charge in [0.15, 0.2) is 5.82 Å². The van der Waals surface area contributed by atoms with Crippen LogP contribution in [0.2, 0.25) is 5.02 Å². The molecule has 1 aliphatic rings. The van der Waals surface area contributed by atoms with E-state index >= 15 is 0 Å². The zero-order valence-corrected chi connectivity index (χ0v) is 19.7. The van der Waals surface area contributed by atoms with Gasteiger partial charge < -0.3 is 14.8 Å².